The lowest BCUT2D eigenvalue weighted by Gasteiger charge is -2.29. The predicted molar refractivity (Wildman–Crippen MR) is 103 cm³/mol. The smallest absolute Gasteiger partial charge is 0.253 e. The van der Waals surface area contributed by atoms with E-state index in [0.29, 0.717) is 17.3 Å². The van der Waals surface area contributed by atoms with Crippen molar-refractivity contribution in [3.8, 4) is 0 Å². The molecule has 6 nitrogen and oxygen atoms in total. The Morgan fingerprint density at radius 3 is 2.67 bits per heavy atom. The number of amides is 2. The molecule has 2 heterocycles. The minimum absolute atomic E-state index is 0.0417. The van der Waals surface area contributed by atoms with Crippen LogP contribution in [0.5, 0.6) is 0 Å². The highest BCUT2D eigenvalue weighted by molar-refractivity contribution is 6.04. The van der Waals surface area contributed by atoms with E-state index in [9.17, 15) is 9.59 Å². The fourth-order valence-corrected chi connectivity index (χ4v) is 4.00. The van der Waals surface area contributed by atoms with E-state index < -0.39 is 0 Å². The van der Waals surface area contributed by atoms with Gasteiger partial charge >= 0.3 is 0 Å². The van der Waals surface area contributed by atoms with Gasteiger partial charge in [0.2, 0.25) is 5.91 Å². The predicted octanol–water partition coefficient (Wildman–Crippen LogP) is 2.15. The molecule has 1 saturated carbocycles. The Balaban J connectivity index is 1.34. The number of carbonyl (C=O) groups excluding carboxylic acids is 2. The van der Waals surface area contributed by atoms with Crippen LogP contribution in [0.2, 0.25) is 0 Å². The number of carbonyl (C=O) groups is 2. The van der Waals surface area contributed by atoms with Gasteiger partial charge in [-0.25, -0.2) is 4.98 Å². The van der Waals surface area contributed by atoms with Crippen LogP contribution in [-0.2, 0) is 17.6 Å². The maximum absolute atomic E-state index is 12.8. The minimum atomic E-state index is -0.132. The lowest BCUT2D eigenvalue weighted by Crippen LogP contribution is -2.42. The summed E-state index contributed by atoms with van der Waals surface area (Å²) in [5.41, 5.74) is 3.83. The SMILES string of the molecule is O=C(NC1Cc2ccccc2C1)c1cnc2c(c1)N(CC1CC1)C(=O)CN2. The van der Waals surface area contributed by atoms with Gasteiger partial charge in [-0.3, -0.25) is 9.59 Å². The topological polar surface area (TPSA) is 74.3 Å². The fraction of sp³-hybridized carbons (Fsp3) is 0.381. The molecule has 2 N–H and O–H groups in total. The van der Waals surface area contributed by atoms with Crippen LogP contribution < -0.4 is 15.5 Å². The summed E-state index contributed by atoms with van der Waals surface area (Å²) in [4.78, 5) is 31.3. The van der Waals surface area contributed by atoms with Crippen molar-refractivity contribution in [1.82, 2.24) is 10.3 Å². The highest BCUT2D eigenvalue weighted by Crippen LogP contribution is 2.35. The third-order valence-electron chi connectivity index (χ3n) is 5.65. The van der Waals surface area contributed by atoms with Crippen LogP contribution in [0.4, 0.5) is 11.5 Å². The normalized spacial score (nSPS) is 18.7. The van der Waals surface area contributed by atoms with Gasteiger partial charge in [-0.05, 0) is 48.8 Å². The number of nitrogens with zero attached hydrogens (tertiary/aromatic N) is 2. The number of rotatable bonds is 4. The van der Waals surface area contributed by atoms with Gasteiger partial charge < -0.3 is 15.5 Å². The Kier molecular flexibility index (Phi) is 3.85. The molecule has 1 aromatic heterocycles. The third-order valence-corrected chi connectivity index (χ3v) is 5.65. The van der Waals surface area contributed by atoms with Crippen molar-refractivity contribution in [1.29, 1.82) is 0 Å². The highest BCUT2D eigenvalue weighted by atomic mass is 16.2. The van der Waals surface area contributed by atoms with Gasteiger partial charge in [0.25, 0.3) is 5.91 Å². The summed E-state index contributed by atoms with van der Waals surface area (Å²) in [6.07, 6.45) is 5.64. The largest absolute Gasteiger partial charge is 0.359 e. The Morgan fingerprint density at radius 1 is 1.22 bits per heavy atom. The molecule has 0 radical (unpaired) electrons. The molecule has 0 atom stereocenters. The molecule has 0 bridgehead atoms. The van der Waals surface area contributed by atoms with E-state index in [1.165, 1.54) is 24.0 Å². The van der Waals surface area contributed by atoms with Gasteiger partial charge in [0.15, 0.2) is 0 Å². The molecule has 138 valence electrons. The van der Waals surface area contributed by atoms with E-state index in [0.717, 1.165) is 25.1 Å². The zero-order valence-electron chi connectivity index (χ0n) is 15.1. The molecule has 3 aliphatic rings. The van der Waals surface area contributed by atoms with Crippen LogP contribution in [0.3, 0.4) is 0 Å². The Labute approximate surface area is 158 Å². The van der Waals surface area contributed by atoms with Gasteiger partial charge in [0, 0.05) is 18.8 Å². The minimum Gasteiger partial charge on any atom is -0.359 e. The Hall–Kier alpha value is -2.89. The molecule has 0 unspecified atom stereocenters. The maximum atomic E-state index is 12.8. The van der Waals surface area contributed by atoms with Crippen LogP contribution in [0, 0.1) is 5.92 Å². The maximum Gasteiger partial charge on any atom is 0.253 e. The van der Waals surface area contributed by atoms with Crippen molar-refractivity contribution in [2.75, 3.05) is 23.3 Å². The van der Waals surface area contributed by atoms with Gasteiger partial charge in [0.05, 0.1) is 17.8 Å². The summed E-state index contributed by atoms with van der Waals surface area (Å²) in [5.74, 6) is 1.17. The van der Waals surface area contributed by atoms with Gasteiger partial charge in [0.1, 0.15) is 5.82 Å². The molecule has 1 fully saturated rings. The molecule has 5 rings (SSSR count). The second-order valence-corrected chi connectivity index (χ2v) is 7.74. The average Bonchev–Trinajstić information content (AvgIpc) is 3.40. The molecular formula is C21H22N4O2. The summed E-state index contributed by atoms with van der Waals surface area (Å²) in [5, 5.41) is 6.18. The van der Waals surface area contributed by atoms with E-state index in [4.69, 9.17) is 0 Å². The second-order valence-electron chi connectivity index (χ2n) is 7.74. The molecular weight excluding hydrogens is 340 g/mol. The first-order chi connectivity index (χ1) is 13.2. The first kappa shape index (κ1) is 16.3. The third kappa shape index (κ3) is 3.16. The quantitative estimate of drug-likeness (QED) is 0.874. The number of nitrogens with one attached hydrogen (secondary N) is 2. The van der Waals surface area contributed by atoms with Crippen LogP contribution in [0.15, 0.2) is 36.5 Å². The van der Waals surface area contributed by atoms with Crippen molar-refractivity contribution < 1.29 is 9.59 Å². The number of fused-ring (bicyclic) bond motifs is 2. The molecule has 2 amide bonds. The first-order valence-corrected chi connectivity index (χ1v) is 9.59. The van der Waals surface area contributed by atoms with Gasteiger partial charge in [-0.2, -0.15) is 0 Å². The van der Waals surface area contributed by atoms with E-state index in [1.54, 1.807) is 17.2 Å². The molecule has 2 aliphatic carbocycles. The van der Waals surface area contributed by atoms with E-state index in [1.807, 2.05) is 12.1 Å². The van der Waals surface area contributed by atoms with Crippen molar-refractivity contribution in [2.24, 2.45) is 5.92 Å². The molecule has 6 heteroatoms. The highest BCUT2D eigenvalue weighted by Gasteiger charge is 2.32. The summed E-state index contributed by atoms with van der Waals surface area (Å²) in [7, 11) is 0. The summed E-state index contributed by atoms with van der Waals surface area (Å²) >= 11 is 0. The lowest BCUT2D eigenvalue weighted by atomic mass is 10.1. The summed E-state index contributed by atoms with van der Waals surface area (Å²) in [6.45, 7) is 0.983. The number of hydrogen-bond donors (Lipinski definition) is 2. The lowest BCUT2D eigenvalue weighted by molar-refractivity contribution is -0.117. The molecule has 0 spiro atoms. The standard InChI is InChI=1S/C21H22N4O2/c26-19-11-23-20-18(25(19)12-13-5-6-13)9-16(10-22-20)21(27)24-17-7-14-3-1-2-4-15(14)8-17/h1-4,9-10,13,17H,5-8,11-12H2,(H,22,23)(H,24,27). The number of hydrogen-bond acceptors (Lipinski definition) is 4. The van der Waals surface area contributed by atoms with Crippen molar-refractivity contribution in [2.45, 2.75) is 31.7 Å². The number of aromatic nitrogens is 1. The molecule has 1 aliphatic heterocycles. The van der Waals surface area contributed by atoms with Crippen LogP contribution in [-0.4, -0.2) is 35.9 Å². The molecule has 1 aromatic carbocycles. The average molecular weight is 362 g/mol. The molecule has 27 heavy (non-hydrogen) atoms. The van der Waals surface area contributed by atoms with Crippen LogP contribution in [0.25, 0.3) is 0 Å². The Morgan fingerprint density at radius 2 is 1.96 bits per heavy atom. The van der Waals surface area contributed by atoms with Gasteiger partial charge in [-0.15, -0.1) is 0 Å². The van der Waals surface area contributed by atoms with Gasteiger partial charge in [-0.1, -0.05) is 24.3 Å². The van der Waals surface area contributed by atoms with Crippen molar-refractivity contribution in [3.05, 3.63) is 53.2 Å². The van der Waals surface area contributed by atoms with Crippen LogP contribution in [0.1, 0.15) is 34.3 Å². The van der Waals surface area contributed by atoms with E-state index in [-0.39, 0.29) is 24.4 Å². The number of anilines is 2. The number of pyridine rings is 1. The number of benzene rings is 1. The van der Waals surface area contributed by atoms with E-state index >= 15 is 0 Å². The van der Waals surface area contributed by atoms with Crippen molar-refractivity contribution >= 4 is 23.3 Å². The second kappa shape index (κ2) is 6.37. The van der Waals surface area contributed by atoms with E-state index in [2.05, 4.69) is 27.8 Å². The van der Waals surface area contributed by atoms with Crippen LogP contribution >= 0.6 is 0 Å². The zero-order valence-corrected chi connectivity index (χ0v) is 15.1. The molecule has 0 saturated heterocycles. The zero-order chi connectivity index (χ0) is 18.4. The first-order valence-electron chi connectivity index (χ1n) is 9.59. The fourth-order valence-electron chi connectivity index (χ4n) is 4.00. The summed E-state index contributed by atoms with van der Waals surface area (Å²) in [6, 6.07) is 10.2. The monoisotopic (exact) mass is 362 g/mol. The Bertz CT molecular complexity index is 897. The van der Waals surface area contributed by atoms with Crippen molar-refractivity contribution in [3.63, 3.8) is 0 Å². The summed E-state index contributed by atoms with van der Waals surface area (Å²) < 4.78 is 0. The molecule has 2 aromatic rings.